The molecule has 5 heteroatoms. The highest BCUT2D eigenvalue weighted by Crippen LogP contribution is 2.24. The summed E-state index contributed by atoms with van der Waals surface area (Å²) in [6, 6.07) is 3.96. The number of methoxy groups -OCH3 is 1. The molecule has 0 aliphatic carbocycles. The van der Waals surface area contributed by atoms with Crippen molar-refractivity contribution in [3.8, 4) is 10.6 Å². The molecule has 0 radical (unpaired) electrons. The first-order chi connectivity index (χ1) is 8.72. The van der Waals surface area contributed by atoms with Gasteiger partial charge in [-0.3, -0.25) is 9.78 Å². The van der Waals surface area contributed by atoms with Crippen LogP contribution < -0.4 is 0 Å². The molecule has 0 saturated heterocycles. The van der Waals surface area contributed by atoms with Crippen LogP contribution in [0, 0.1) is 0 Å². The summed E-state index contributed by atoms with van der Waals surface area (Å²) >= 11 is 1.53. The normalized spacial score (nSPS) is 10.3. The fourth-order valence-corrected chi connectivity index (χ4v) is 2.36. The Balaban J connectivity index is 2.20. The summed E-state index contributed by atoms with van der Waals surface area (Å²) in [7, 11) is 1.38. The van der Waals surface area contributed by atoms with Crippen LogP contribution in [0.2, 0.25) is 0 Å². The van der Waals surface area contributed by atoms with Gasteiger partial charge in [0.15, 0.2) is 0 Å². The van der Waals surface area contributed by atoms with Gasteiger partial charge < -0.3 is 4.74 Å². The van der Waals surface area contributed by atoms with Gasteiger partial charge in [0.25, 0.3) is 0 Å². The summed E-state index contributed by atoms with van der Waals surface area (Å²) in [4.78, 5) is 19.8. The van der Waals surface area contributed by atoms with Gasteiger partial charge in [-0.2, -0.15) is 0 Å². The zero-order valence-corrected chi connectivity index (χ0v) is 11.2. The average molecular weight is 262 g/mol. The van der Waals surface area contributed by atoms with Crippen molar-refractivity contribution in [1.29, 1.82) is 0 Å². The van der Waals surface area contributed by atoms with Crippen molar-refractivity contribution in [3.05, 3.63) is 35.1 Å². The lowest BCUT2D eigenvalue weighted by Gasteiger charge is -1.99. The van der Waals surface area contributed by atoms with E-state index < -0.39 is 0 Å². The van der Waals surface area contributed by atoms with Gasteiger partial charge in [0.2, 0.25) is 0 Å². The van der Waals surface area contributed by atoms with Gasteiger partial charge in [0.05, 0.1) is 19.2 Å². The molecule has 0 spiro atoms. The van der Waals surface area contributed by atoms with Gasteiger partial charge in [-0.1, -0.05) is 6.92 Å². The number of aryl methyl sites for hydroxylation is 1. The average Bonchev–Trinajstić information content (AvgIpc) is 2.87. The first-order valence-electron chi connectivity index (χ1n) is 5.69. The molecule has 94 valence electrons. The molecular weight excluding hydrogens is 248 g/mol. The molecule has 2 aromatic heterocycles. The summed E-state index contributed by atoms with van der Waals surface area (Å²) in [6.45, 7) is 2.07. The topological polar surface area (TPSA) is 52.1 Å². The van der Waals surface area contributed by atoms with Gasteiger partial charge in [0, 0.05) is 22.8 Å². The van der Waals surface area contributed by atoms with Crippen molar-refractivity contribution >= 4 is 17.3 Å². The second-order valence-electron chi connectivity index (χ2n) is 3.79. The van der Waals surface area contributed by atoms with Crippen LogP contribution >= 0.6 is 11.3 Å². The monoisotopic (exact) mass is 262 g/mol. The zero-order valence-electron chi connectivity index (χ0n) is 10.3. The fraction of sp³-hybridized carbons (Fsp3) is 0.308. The number of carbonyl (C=O) groups excluding carboxylic acids is 1. The van der Waals surface area contributed by atoms with Crippen molar-refractivity contribution < 1.29 is 9.53 Å². The predicted molar refractivity (Wildman–Crippen MR) is 70.4 cm³/mol. The lowest BCUT2D eigenvalue weighted by Crippen LogP contribution is -2.04. The van der Waals surface area contributed by atoms with E-state index in [0.717, 1.165) is 28.4 Å². The van der Waals surface area contributed by atoms with E-state index >= 15 is 0 Å². The Hall–Kier alpha value is -1.75. The number of rotatable bonds is 4. The molecule has 0 amide bonds. The van der Waals surface area contributed by atoms with E-state index in [2.05, 4.69) is 21.6 Å². The number of pyridine rings is 1. The van der Waals surface area contributed by atoms with Crippen molar-refractivity contribution in [2.75, 3.05) is 7.11 Å². The summed E-state index contributed by atoms with van der Waals surface area (Å²) < 4.78 is 4.62. The first-order valence-corrected chi connectivity index (χ1v) is 6.57. The van der Waals surface area contributed by atoms with E-state index in [9.17, 15) is 4.79 Å². The summed E-state index contributed by atoms with van der Waals surface area (Å²) in [5, 5.41) is 2.80. The highest BCUT2D eigenvalue weighted by atomic mass is 32.1. The lowest BCUT2D eigenvalue weighted by atomic mass is 10.2. The Morgan fingerprint density at radius 3 is 3.00 bits per heavy atom. The third kappa shape index (κ3) is 2.92. The maximum atomic E-state index is 11.2. The maximum absolute atomic E-state index is 11.2. The minimum absolute atomic E-state index is 0.221. The number of carbonyl (C=O) groups is 1. The lowest BCUT2D eigenvalue weighted by molar-refractivity contribution is -0.139. The molecular formula is C13H14N2O2S. The van der Waals surface area contributed by atoms with Crippen molar-refractivity contribution in [2.24, 2.45) is 0 Å². The molecule has 2 aromatic rings. The Morgan fingerprint density at radius 1 is 1.44 bits per heavy atom. The van der Waals surface area contributed by atoms with Crippen LogP contribution in [0.4, 0.5) is 0 Å². The minimum Gasteiger partial charge on any atom is -0.469 e. The van der Waals surface area contributed by atoms with Crippen molar-refractivity contribution in [1.82, 2.24) is 9.97 Å². The van der Waals surface area contributed by atoms with Gasteiger partial charge in [-0.05, 0) is 18.6 Å². The molecule has 0 unspecified atom stereocenters. The maximum Gasteiger partial charge on any atom is 0.311 e. The first kappa shape index (κ1) is 12.7. The summed E-state index contributed by atoms with van der Waals surface area (Å²) in [5.74, 6) is -0.268. The fourth-order valence-electron chi connectivity index (χ4n) is 1.55. The molecule has 0 aliphatic rings. The number of hydrogen-bond acceptors (Lipinski definition) is 5. The molecule has 0 aliphatic heterocycles. The van der Waals surface area contributed by atoms with E-state index in [1.807, 2.05) is 17.5 Å². The van der Waals surface area contributed by atoms with Gasteiger partial charge >= 0.3 is 5.97 Å². The Kier molecular flexibility index (Phi) is 4.04. The number of ether oxygens (including phenoxy) is 1. The van der Waals surface area contributed by atoms with E-state index in [-0.39, 0.29) is 12.4 Å². The molecule has 0 bridgehead atoms. The Labute approximate surface area is 110 Å². The van der Waals surface area contributed by atoms with Gasteiger partial charge in [-0.15, -0.1) is 11.3 Å². The molecule has 2 heterocycles. The molecule has 0 N–H and O–H groups in total. The Bertz CT molecular complexity index is 551. The highest BCUT2D eigenvalue weighted by Gasteiger charge is 2.09. The zero-order chi connectivity index (χ0) is 13.0. The minimum atomic E-state index is -0.268. The van der Waals surface area contributed by atoms with Crippen LogP contribution in [0.3, 0.4) is 0 Å². The van der Waals surface area contributed by atoms with Crippen LogP contribution in [-0.4, -0.2) is 23.0 Å². The van der Waals surface area contributed by atoms with Crippen LogP contribution in [0.15, 0.2) is 23.7 Å². The molecule has 0 fully saturated rings. The van der Waals surface area contributed by atoms with E-state index in [0.29, 0.717) is 0 Å². The van der Waals surface area contributed by atoms with Crippen LogP contribution in [0.1, 0.15) is 18.3 Å². The molecule has 0 saturated carbocycles. The number of nitrogens with zero attached hydrogens (tertiary/aromatic N) is 2. The summed E-state index contributed by atoms with van der Waals surface area (Å²) in [6.07, 6.45) is 2.91. The SMILES string of the molecule is CCc1cc(-c2nc(CC(=O)OC)cs2)ccn1. The van der Waals surface area contributed by atoms with E-state index in [1.165, 1.54) is 18.4 Å². The standard InChI is InChI=1S/C13H14N2O2S/c1-3-10-6-9(4-5-14-10)13-15-11(8-18-13)7-12(16)17-2/h4-6,8H,3,7H2,1-2H3. The molecule has 2 rings (SSSR count). The van der Waals surface area contributed by atoms with E-state index in [1.54, 1.807) is 6.20 Å². The van der Waals surface area contributed by atoms with Crippen molar-refractivity contribution in [3.63, 3.8) is 0 Å². The summed E-state index contributed by atoms with van der Waals surface area (Å²) in [5.41, 5.74) is 2.83. The number of hydrogen-bond donors (Lipinski definition) is 0. The quantitative estimate of drug-likeness (QED) is 0.794. The number of esters is 1. The smallest absolute Gasteiger partial charge is 0.311 e. The third-order valence-corrected chi connectivity index (χ3v) is 3.47. The van der Waals surface area contributed by atoms with Crippen molar-refractivity contribution in [2.45, 2.75) is 19.8 Å². The highest BCUT2D eigenvalue weighted by molar-refractivity contribution is 7.13. The Morgan fingerprint density at radius 2 is 2.28 bits per heavy atom. The largest absolute Gasteiger partial charge is 0.469 e. The number of thiazole rings is 1. The second kappa shape index (κ2) is 5.73. The molecule has 0 atom stereocenters. The molecule has 4 nitrogen and oxygen atoms in total. The van der Waals surface area contributed by atoms with Crippen LogP contribution in [0.25, 0.3) is 10.6 Å². The second-order valence-corrected chi connectivity index (χ2v) is 4.64. The predicted octanol–water partition coefficient (Wildman–Crippen LogP) is 2.48. The van der Waals surface area contributed by atoms with E-state index in [4.69, 9.17) is 0 Å². The van der Waals surface area contributed by atoms with Crippen LogP contribution in [-0.2, 0) is 22.4 Å². The van der Waals surface area contributed by atoms with Gasteiger partial charge in [-0.25, -0.2) is 4.98 Å². The third-order valence-electron chi connectivity index (χ3n) is 2.53. The van der Waals surface area contributed by atoms with Crippen LogP contribution in [0.5, 0.6) is 0 Å². The molecule has 18 heavy (non-hydrogen) atoms. The number of aromatic nitrogens is 2. The molecule has 0 aromatic carbocycles. The van der Waals surface area contributed by atoms with Gasteiger partial charge in [0.1, 0.15) is 5.01 Å².